The van der Waals surface area contributed by atoms with Crippen molar-refractivity contribution in [2.45, 2.75) is 18.3 Å². The van der Waals surface area contributed by atoms with E-state index in [2.05, 4.69) is 4.99 Å². The van der Waals surface area contributed by atoms with Crippen LogP contribution in [0, 0.1) is 5.82 Å². The van der Waals surface area contributed by atoms with Gasteiger partial charge >= 0.3 is 5.97 Å². The zero-order chi connectivity index (χ0) is 17.6. The largest absolute Gasteiger partial charge is 0.466 e. The molecule has 0 saturated carbocycles. The molecule has 0 bridgehead atoms. The number of halogens is 1. The van der Waals surface area contributed by atoms with Crippen molar-refractivity contribution in [1.82, 2.24) is 0 Å². The summed E-state index contributed by atoms with van der Waals surface area (Å²) in [6.07, 6.45) is 1.19. The van der Waals surface area contributed by atoms with Gasteiger partial charge in [0.25, 0.3) is 0 Å². The predicted octanol–water partition coefficient (Wildman–Crippen LogP) is 3.05. The van der Waals surface area contributed by atoms with Crippen molar-refractivity contribution in [3.8, 4) is 0 Å². The molecule has 0 spiro atoms. The number of methoxy groups -OCH3 is 1. The second kappa shape index (κ2) is 5.55. The fourth-order valence-electron chi connectivity index (χ4n) is 3.98. The van der Waals surface area contributed by atoms with Gasteiger partial charge in [-0.1, -0.05) is 36.4 Å². The fraction of sp³-hybridized carbons (Fsp3) is 0.200. The average Bonchev–Trinajstić information content (AvgIpc) is 3.02. The Labute approximate surface area is 144 Å². The lowest BCUT2D eigenvalue weighted by Crippen LogP contribution is -2.35. The maximum absolute atomic E-state index is 13.5. The zero-order valence-corrected chi connectivity index (χ0v) is 13.8. The molecule has 4 nitrogen and oxygen atoms in total. The molecule has 2 aromatic carbocycles. The van der Waals surface area contributed by atoms with Crippen LogP contribution in [-0.4, -0.2) is 18.9 Å². The number of allylic oxidation sites excluding steroid dienone is 1. The zero-order valence-electron chi connectivity index (χ0n) is 13.8. The monoisotopic (exact) mass is 336 g/mol. The molecule has 0 radical (unpaired) electrons. The molecule has 126 valence electrons. The van der Waals surface area contributed by atoms with Gasteiger partial charge in [0, 0.05) is 5.56 Å². The number of nitrogens with two attached hydrogens (primary N) is 1. The molecule has 5 heteroatoms. The highest BCUT2D eigenvalue weighted by atomic mass is 19.1. The lowest BCUT2D eigenvalue weighted by molar-refractivity contribution is -0.136. The van der Waals surface area contributed by atoms with Gasteiger partial charge in [-0.2, -0.15) is 0 Å². The molecule has 25 heavy (non-hydrogen) atoms. The molecule has 2 aromatic rings. The number of fused-ring (bicyclic) bond motifs is 3. The SMILES string of the molecule is COC(=O)C1=C2N=C(N)c3ccccc3C2(c2ccc(F)cc2)CC1. The normalized spacial score (nSPS) is 21.4. The Bertz CT molecular complexity index is 931. The van der Waals surface area contributed by atoms with Crippen molar-refractivity contribution < 1.29 is 13.9 Å². The van der Waals surface area contributed by atoms with E-state index in [1.807, 2.05) is 24.3 Å². The Balaban J connectivity index is 2.05. The molecule has 2 N–H and O–H groups in total. The topological polar surface area (TPSA) is 64.7 Å². The van der Waals surface area contributed by atoms with Crippen molar-refractivity contribution in [3.05, 3.63) is 82.3 Å². The predicted molar refractivity (Wildman–Crippen MR) is 92.6 cm³/mol. The van der Waals surface area contributed by atoms with Gasteiger partial charge in [-0.15, -0.1) is 0 Å². The van der Waals surface area contributed by atoms with E-state index >= 15 is 0 Å². The summed E-state index contributed by atoms with van der Waals surface area (Å²) in [5.74, 6) is -0.314. The van der Waals surface area contributed by atoms with Crippen LogP contribution >= 0.6 is 0 Å². The number of carbonyl (C=O) groups is 1. The van der Waals surface area contributed by atoms with Crippen molar-refractivity contribution in [2.24, 2.45) is 10.7 Å². The Hall–Kier alpha value is -2.95. The number of amidine groups is 1. The summed E-state index contributed by atoms with van der Waals surface area (Å²) in [7, 11) is 1.36. The van der Waals surface area contributed by atoms with Crippen molar-refractivity contribution >= 4 is 11.8 Å². The third kappa shape index (κ3) is 2.12. The minimum Gasteiger partial charge on any atom is -0.466 e. The summed E-state index contributed by atoms with van der Waals surface area (Å²) in [5, 5.41) is 0. The molecular weight excluding hydrogens is 319 g/mol. The molecule has 1 unspecified atom stereocenters. The van der Waals surface area contributed by atoms with Crippen LogP contribution in [0.4, 0.5) is 4.39 Å². The molecule has 0 saturated heterocycles. The number of esters is 1. The van der Waals surface area contributed by atoms with Crippen molar-refractivity contribution in [1.29, 1.82) is 0 Å². The first kappa shape index (κ1) is 15.6. The summed E-state index contributed by atoms with van der Waals surface area (Å²) in [5.41, 5.74) is 9.43. The van der Waals surface area contributed by atoms with E-state index in [1.54, 1.807) is 12.1 Å². The lowest BCUT2D eigenvalue weighted by atomic mass is 9.69. The second-order valence-corrected chi connectivity index (χ2v) is 6.27. The first-order valence-electron chi connectivity index (χ1n) is 8.10. The number of aliphatic imine (C=N–C) groups is 1. The van der Waals surface area contributed by atoms with Crippen molar-refractivity contribution in [3.63, 3.8) is 0 Å². The van der Waals surface area contributed by atoms with Gasteiger partial charge in [-0.3, -0.25) is 0 Å². The van der Waals surface area contributed by atoms with Crippen LogP contribution in [0.1, 0.15) is 29.5 Å². The van der Waals surface area contributed by atoms with Crippen LogP contribution in [0.25, 0.3) is 0 Å². The molecule has 1 aliphatic carbocycles. The van der Waals surface area contributed by atoms with E-state index in [1.165, 1.54) is 19.2 Å². The number of ether oxygens (including phenoxy) is 1. The van der Waals surface area contributed by atoms with Gasteiger partial charge in [-0.05, 0) is 36.1 Å². The highest BCUT2D eigenvalue weighted by Gasteiger charge is 2.49. The van der Waals surface area contributed by atoms with Gasteiger partial charge in [0.05, 0.1) is 23.8 Å². The maximum atomic E-state index is 13.5. The molecule has 1 atom stereocenters. The van der Waals surface area contributed by atoms with Gasteiger partial charge < -0.3 is 10.5 Å². The minimum absolute atomic E-state index is 0.302. The molecule has 0 amide bonds. The van der Waals surface area contributed by atoms with E-state index in [4.69, 9.17) is 10.5 Å². The molecule has 0 fully saturated rings. The molecule has 4 rings (SSSR count). The first-order chi connectivity index (χ1) is 12.1. The molecule has 2 aliphatic rings. The number of benzene rings is 2. The summed E-state index contributed by atoms with van der Waals surface area (Å²) in [4.78, 5) is 16.9. The smallest absolute Gasteiger partial charge is 0.335 e. The van der Waals surface area contributed by atoms with Crippen LogP contribution < -0.4 is 5.73 Å². The third-order valence-corrected chi connectivity index (χ3v) is 5.10. The summed E-state index contributed by atoms with van der Waals surface area (Å²) >= 11 is 0. The van der Waals surface area contributed by atoms with Crippen LogP contribution in [-0.2, 0) is 14.9 Å². The standard InChI is InChI=1S/C20H17FN2O2/c1-25-19(24)15-10-11-20(12-6-8-13(21)9-7-12)16-5-3-2-4-14(16)18(22)23-17(15)20/h2-9H,10-11H2,1H3,(H2,22,23). The Kier molecular flexibility index (Phi) is 3.46. The van der Waals surface area contributed by atoms with Crippen molar-refractivity contribution in [2.75, 3.05) is 7.11 Å². The number of nitrogens with zero attached hydrogens (tertiary/aromatic N) is 1. The van der Waals surface area contributed by atoms with E-state index in [-0.39, 0.29) is 5.82 Å². The highest BCUT2D eigenvalue weighted by molar-refractivity contribution is 6.03. The van der Waals surface area contributed by atoms with Crippen LogP contribution in [0.2, 0.25) is 0 Å². The Morgan fingerprint density at radius 1 is 1.20 bits per heavy atom. The van der Waals surface area contributed by atoms with Crippen LogP contribution in [0.15, 0.2) is 64.8 Å². The maximum Gasteiger partial charge on any atom is 0.335 e. The van der Waals surface area contributed by atoms with Crippen LogP contribution in [0.3, 0.4) is 0 Å². The number of rotatable bonds is 2. The first-order valence-corrected chi connectivity index (χ1v) is 8.10. The summed E-state index contributed by atoms with van der Waals surface area (Å²) in [6, 6.07) is 14.1. The van der Waals surface area contributed by atoms with Gasteiger partial charge in [-0.25, -0.2) is 14.2 Å². The average molecular weight is 336 g/mol. The van der Waals surface area contributed by atoms with Gasteiger partial charge in [0.15, 0.2) is 0 Å². The lowest BCUT2D eigenvalue weighted by Gasteiger charge is -2.36. The van der Waals surface area contributed by atoms with E-state index in [0.29, 0.717) is 29.9 Å². The Morgan fingerprint density at radius 3 is 2.64 bits per heavy atom. The van der Waals surface area contributed by atoms with Gasteiger partial charge in [0.1, 0.15) is 11.7 Å². The Morgan fingerprint density at radius 2 is 1.92 bits per heavy atom. The minimum atomic E-state index is -0.614. The molecule has 1 aliphatic heterocycles. The number of hydrogen-bond acceptors (Lipinski definition) is 4. The number of hydrogen-bond donors (Lipinski definition) is 1. The third-order valence-electron chi connectivity index (χ3n) is 5.10. The number of carbonyl (C=O) groups excluding carboxylic acids is 1. The van der Waals surface area contributed by atoms with E-state index < -0.39 is 11.4 Å². The molecule has 0 aromatic heterocycles. The van der Waals surface area contributed by atoms with E-state index in [9.17, 15) is 9.18 Å². The quantitative estimate of drug-likeness (QED) is 0.857. The van der Waals surface area contributed by atoms with Crippen LogP contribution in [0.5, 0.6) is 0 Å². The highest BCUT2D eigenvalue weighted by Crippen LogP contribution is 2.53. The van der Waals surface area contributed by atoms with Gasteiger partial charge in [0.2, 0.25) is 0 Å². The molecular formula is C20H17FN2O2. The van der Waals surface area contributed by atoms with E-state index in [0.717, 1.165) is 16.7 Å². The fourth-order valence-corrected chi connectivity index (χ4v) is 3.98. The summed E-state index contributed by atoms with van der Waals surface area (Å²) < 4.78 is 18.4. The summed E-state index contributed by atoms with van der Waals surface area (Å²) in [6.45, 7) is 0. The molecule has 1 heterocycles. The second-order valence-electron chi connectivity index (χ2n) is 6.27.